The highest BCUT2D eigenvalue weighted by Gasteiger charge is 2.44. The molecule has 13 heteroatoms. The molecule has 1 fully saturated rings. The van der Waals surface area contributed by atoms with Crippen LogP contribution in [0.4, 0.5) is 13.2 Å². The lowest BCUT2D eigenvalue weighted by Crippen LogP contribution is -2.40. The number of carbonyl (C=O) groups is 2. The lowest BCUT2D eigenvalue weighted by Gasteiger charge is -2.34. The van der Waals surface area contributed by atoms with E-state index in [-0.39, 0.29) is 41.6 Å². The van der Waals surface area contributed by atoms with Crippen LogP contribution in [-0.2, 0) is 22.1 Å². The van der Waals surface area contributed by atoms with Crippen molar-refractivity contribution in [2.75, 3.05) is 13.1 Å². The van der Waals surface area contributed by atoms with E-state index < -0.39 is 40.4 Å². The fraction of sp³-hybridized carbons (Fsp3) is 0.600. The van der Waals surface area contributed by atoms with Crippen molar-refractivity contribution in [3.05, 3.63) is 49.6 Å². The van der Waals surface area contributed by atoms with E-state index in [0.29, 0.717) is 31.3 Å². The molecule has 2 aromatic rings. The summed E-state index contributed by atoms with van der Waals surface area (Å²) in [5.41, 5.74) is -2.36. The van der Waals surface area contributed by atoms with Gasteiger partial charge in [0.05, 0.1) is 22.8 Å². The van der Waals surface area contributed by atoms with E-state index >= 15 is 0 Å². The van der Waals surface area contributed by atoms with Crippen molar-refractivity contribution in [3.8, 4) is 0 Å². The Labute approximate surface area is 228 Å². The Morgan fingerprint density at radius 1 is 1.29 bits per heavy atom. The fourth-order valence-corrected chi connectivity index (χ4v) is 5.45. The second-order valence-electron chi connectivity index (χ2n) is 10.9. The molecular weight excluding hydrogens is 548 g/mol. The van der Waals surface area contributed by atoms with Crippen LogP contribution in [0.2, 0.25) is 10.0 Å². The van der Waals surface area contributed by atoms with E-state index in [2.05, 4.69) is 10.1 Å². The van der Waals surface area contributed by atoms with Crippen molar-refractivity contribution in [3.63, 3.8) is 0 Å². The molecule has 8 nitrogen and oxygen atoms in total. The standard InChI is InChI=1S/C25H31Cl2F3N4O4/c1-14-9-15(5-6-19(14)38-13-35)34-21(25(28,29)30)17(10-32-34)23(37)33(12-24(2,3)4)8-7-16-18(26)11-31-22(36)20(16)27/h10-11,13-15,19H,5-9,12H2,1-4H3,(H,31,36)/t14-,15-,19-/m0/s1. The first-order valence-corrected chi connectivity index (χ1v) is 13.0. The number of nitrogens with zero attached hydrogens (tertiary/aromatic N) is 3. The molecule has 2 aromatic heterocycles. The normalized spacial score (nSPS) is 20.3. The van der Waals surface area contributed by atoms with Crippen LogP contribution in [0.15, 0.2) is 17.2 Å². The molecule has 0 saturated heterocycles. The van der Waals surface area contributed by atoms with Gasteiger partial charge in [-0.15, -0.1) is 0 Å². The summed E-state index contributed by atoms with van der Waals surface area (Å²) in [7, 11) is 0. The van der Waals surface area contributed by atoms with E-state index in [0.717, 1.165) is 10.9 Å². The number of rotatable bonds is 8. The first-order chi connectivity index (χ1) is 17.6. The Morgan fingerprint density at radius 3 is 2.55 bits per heavy atom. The molecule has 1 N–H and O–H groups in total. The average Bonchev–Trinajstić information content (AvgIpc) is 3.27. The smallest absolute Gasteiger partial charge is 0.433 e. The summed E-state index contributed by atoms with van der Waals surface area (Å²) in [5.74, 6) is -1.01. The minimum Gasteiger partial charge on any atom is -0.464 e. The average molecular weight is 579 g/mol. The van der Waals surface area contributed by atoms with Crippen molar-refractivity contribution in [2.45, 2.75) is 71.7 Å². The van der Waals surface area contributed by atoms with Gasteiger partial charge in [-0.3, -0.25) is 19.1 Å². The number of H-pyrrole nitrogens is 1. The summed E-state index contributed by atoms with van der Waals surface area (Å²) >= 11 is 12.3. The third kappa shape index (κ3) is 6.91. The predicted molar refractivity (Wildman–Crippen MR) is 136 cm³/mol. The fourth-order valence-electron chi connectivity index (χ4n) is 4.91. The zero-order chi connectivity index (χ0) is 28.4. The van der Waals surface area contributed by atoms with Gasteiger partial charge in [0.15, 0.2) is 5.69 Å². The number of halogens is 5. The van der Waals surface area contributed by atoms with Crippen LogP contribution in [0.25, 0.3) is 0 Å². The number of amides is 1. The molecule has 0 aromatic carbocycles. The first-order valence-electron chi connectivity index (χ1n) is 12.2. The van der Waals surface area contributed by atoms with Crippen LogP contribution in [-0.4, -0.2) is 51.2 Å². The Bertz CT molecular complexity index is 1220. The number of aromatic nitrogens is 3. The Kier molecular flexibility index (Phi) is 9.24. The van der Waals surface area contributed by atoms with Crippen molar-refractivity contribution < 1.29 is 27.5 Å². The number of nitrogens with one attached hydrogen (secondary N) is 1. The molecule has 1 aliphatic carbocycles. The second-order valence-corrected chi connectivity index (χ2v) is 11.6. The molecule has 0 bridgehead atoms. The van der Waals surface area contributed by atoms with Crippen LogP contribution in [0.5, 0.6) is 0 Å². The minimum atomic E-state index is -4.84. The summed E-state index contributed by atoms with van der Waals surface area (Å²) < 4.78 is 49.1. The zero-order valence-electron chi connectivity index (χ0n) is 21.6. The van der Waals surface area contributed by atoms with E-state index in [1.165, 1.54) is 11.1 Å². The summed E-state index contributed by atoms with van der Waals surface area (Å²) in [6.07, 6.45) is -1.89. The van der Waals surface area contributed by atoms with Crippen LogP contribution in [0.1, 0.15) is 74.6 Å². The van der Waals surface area contributed by atoms with Crippen molar-refractivity contribution >= 4 is 35.6 Å². The van der Waals surface area contributed by atoms with Gasteiger partial charge in [0, 0.05) is 19.3 Å². The van der Waals surface area contributed by atoms with Gasteiger partial charge in [0.25, 0.3) is 17.9 Å². The monoisotopic (exact) mass is 578 g/mol. The summed E-state index contributed by atoms with van der Waals surface area (Å²) in [6.45, 7) is 7.84. The van der Waals surface area contributed by atoms with Gasteiger partial charge < -0.3 is 14.6 Å². The van der Waals surface area contributed by atoms with E-state index in [4.69, 9.17) is 27.9 Å². The third-order valence-electron chi connectivity index (χ3n) is 6.60. The highest BCUT2D eigenvalue weighted by atomic mass is 35.5. The Hall–Kier alpha value is -2.53. The Morgan fingerprint density at radius 2 is 1.97 bits per heavy atom. The molecule has 3 rings (SSSR count). The first kappa shape index (κ1) is 30.0. The second kappa shape index (κ2) is 11.7. The number of aromatic amines is 1. The molecule has 38 heavy (non-hydrogen) atoms. The zero-order valence-corrected chi connectivity index (χ0v) is 23.1. The Balaban J connectivity index is 1.95. The lowest BCUT2D eigenvalue weighted by atomic mass is 9.84. The molecule has 0 spiro atoms. The molecule has 1 saturated carbocycles. The molecule has 3 atom stereocenters. The largest absolute Gasteiger partial charge is 0.464 e. The van der Waals surface area contributed by atoms with E-state index in [1.807, 2.05) is 20.8 Å². The quantitative estimate of drug-likeness (QED) is 0.415. The lowest BCUT2D eigenvalue weighted by molar-refractivity contribution is -0.146. The van der Waals surface area contributed by atoms with Crippen LogP contribution < -0.4 is 5.56 Å². The van der Waals surface area contributed by atoms with E-state index in [1.54, 1.807) is 6.92 Å². The van der Waals surface area contributed by atoms with Crippen LogP contribution in [0.3, 0.4) is 0 Å². The van der Waals surface area contributed by atoms with Gasteiger partial charge >= 0.3 is 6.18 Å². The number of ether oxygens (including phenoxy) is 1. The van der Waals surface area contributed by atoms with Crippen molar-refractivity contribution in [1.82, 2.24) is 19.7 Å². The number of carbonyl (C=O) groups excluding carboxylic acids is 2. The predicted octanol–water partition coefficient (Wildman–Crippen LogP) is 5.53. The van der Waals surface area contributed by atoms with Gasteiger partial charge in [0.2, 0.25) is 0 Å². The maximum absolute atomic E-state index is 14.4. The molecule has 0 radical (unpaired) electrons. The minimum absolute atomic E-state index is 0.0212. The molecular formula is C25H31Cl2F3N4O4. The van der Waals surface area contributed by atoms with Gasteiger partial charge in [-0.2, -0.15) is 18.3 Å². The van der Waals surface area contributed by atoms with Crippen molar-refractivity contribution in [1.29, 1.82) is 0 Å². The van der Waals surface area contributed by atoms with Gasteiger partial charge in [-0.05, 0) is 42.6 Å². The van der Waals surface area contributed by atoms with Crippen LogP contribution in [0, 0.1) is 11.3 Å². The van der Waals surface area contributed by atoms with Crippen LogP contribution >= 0.6 is 23.2 Å². The van der Waals surface area contributed by atoms with E-state index in [9.17, 15) is 27.6 Å². The highest BCUT2D eigenvalue weighted by molar-refractivity contribution is 6.35. The third-order valence-corrected chi connectivity index (χ3v) is 7.34. The summed E-state index contributed by atoms with van der Waals surface area (Å²) in [5, 5.41) is 4.07. The number of hydrogen-bond acceptors (Lipinski definition) is 5. The van der Waals surface area contributed by atoms with Gasteiger partial charge in [0.1, 0.15) is 11.1 Å². The number of pyridine rings is 1. The van der Waals surface area contributed by atoms with Gasteiger partial charge in [-0.1, -0.05) is 50.9 Å². The molecule has 1 aliphatic rings. The van der Waals surface area contributed by atoms with Crippen molar-refractivity contribution in [2.24, 2.45) is 11.3 Å². The summed E-state index contributed by atoms with van der Waals surface area (Å²) in [4.78, 5) is 40.0. The molecule has 2 heterocycles. The number of alkyl halides is 3. The highest BCUT2D eigenvalue weighted by Crippen LogP contribution is 2.40. The summed E-state index contributed by atoms with van der Waals surface area (Å²) in [6, 6.07) is -0.612. The maximum atomic E-state index is 14.4. The molecule has 0 unspecified atom stereocenters. The molecule has 0 aliphatic heterocycles. The SMILES string of the molecule is C[C@H]1C[C@@H](n2ncc(C(=O)N(CCc3c(Cl)c[nH]c(=O)c3Cl)CC(C)(C)C)c2C(F)(F)F)CC[C@@H]1OC=O. The number of hydrogen-bond donors (Lipinski definition) is 1. The van der Waals surface area contributed by atoms with Gasteiger partial charge in [-0.25, -0.2) is 0 Å². The molecule has 1 amide bonds. The maximum Gasteiger partial charge on any atom is 0.433 e. The molecule has 210 valence electrons. The topological polar surface area (TPSA) is 97.3 Å².